The molecular formula is C29H25N8Na5O22S7. The molecule has 4 aromatic carbocycles. The van der Waals surface area contributed by atoms with E-state index in [0.29, 0.717) is 24.3 Å². The molecule has 0 amide bonds. The Kier molecular flexibility index (Phi) is 31.4. The van der Waals surface area contributed by atoms with Gasteiger partial charge >= 0.3 is 148 Å². The van der Waals surface area contributed by atoms with Gasteiger partial charge in [-0.25, -0.2) is 50.5 Å². The number of nitrogen functional groups attached to an aromatic ring is 2. The Balaban J connectivity index is 0. The number of anilines is 2. The van der Waals surface area contributed by atoms with E-state index < -0.39 is 155 Å². The molecule has 0 fully saturated rings. The van der Waals surface area contributed by atoms with Gasteiger partial charge in [-0.3, -0.25) is 13.4 Å². The summed E-state index contributed by atoms with van der Waals surface area (Å²) in [6, 6.07) is 7.48. The number of rotatable bonds is 22. The van der Waals surface area contributed by atoms with Crippen LogP contribution in [0.1, 0.15) is 0 Å². The molecule has 71 heavy (non-hydrogen) atoms. The monoisotopic (exact) mass is 1180 g/mol. The van der Waals surface area contributed by atoms with Crippen molar-refractivity contribution in [3.05, 3.63) is 60.7 Å². The van der Waals surface area contributed by atoms with Gasteiger partial charge in [-0.1, -0.05) is 0 Å². The van der Waals surface area contributed by atoms with Crippen LogP contribution >= 0.6 is 12.3 Å². The molecule has 0 aliphatic rings. The number of hydrogen-bond acceptors (Lipinski definition) is 31. The van der Waals surface area contributed by atoms with Gasteiger partial charge < -0.3 is 39.7 Å². The van der Waals surface area contributed by atoms with Crippen LogP contribution in [-0.2, 0) is 78.2 Å². The van der Waals surface area contributed by atoms with Crippen LogP contribution in [0.25, 0.3) is 0 Å². The smallest absolute Gasteiger partial charge is 0.744 e. The van der Waals surface area contributed by atoms with Crippen LogP contribution in [0, 0.1) is 0 Å². The summed E-state index contributed by atoms with van der Waals surface area (Å²) in [5, 5.41) is 35.2. The molecule has 360 valence electrons. The first-order chi connectivity index (χ1) is 30.5. The van der Waals surface area contributed by atoms with E-state index >= 15 is 0 Å². The molecule has 4 rings (SSSR count). The van der Waals surface area contributed by atoms with Gasteiger partial charge in [-0.15, -0.1) is 35.0 Å². The zero-order valence-corrected chi connectivity index (χ0v) is 53.0. The number of hydrogen-bond donors (Lipinski definition) is 2. The first kappa shape index (κ1) is 72.8. The minimum Gasteiger partial charge on any atom is -0.744 e. The Morgan fingerprint density at radius 3 is 1.30 bits per heavy atom. The minimum atomic E-state index is -5.64. The van der Waals surface area contributed by atoms with Crippen LogP contribution in [0.5, 0.6) is 5.75 Å². The summed E-state index contributed by atoms with van der Waals surface area (Å²) < 4.78 is 210. The predicted molar refractivity (Wildman–Crippen MR) is 213 cm³/mol. The predicted octanol–water partition coefficient (Wildman–Crippen LogP) is -13.3. The third-order valence-corrected chi connectivity index (χ3v) is 14.6. The molecule has 0 radical (unpaired) electrons. The number of methoxy groups -OCH3 is 1. The molecule has 0 saturated heterocycles. The standard InChI is InChI=1S/C29H30N8O22S7.5Na/c1-55-16-2-5-19(24(12-16)63(43,44)45)32-35-22-15-23(36-33-20-6-3-17(13-25(20)64(46,47)48)61(39,40)10-8-56-60-59-58-38)28(31)29(27(22)30)37-34-21-7-4-18(14-26(21)65(49,50)51)62(41,42)11-9-57-66(52,53)54;;;;;/h2-7,12-15,38H,8-11,30-31H2,1H3,(H,43,44,45)(H,46,47,48)(H,49,50,51)(H,52,53,54);;;;;/q;5*+1/p-5. The van der Waals surface area contributed by atoms with E-state index in [0.717, 1.165) is 37.4 Å². The van der Waals surface area contributed by atoms with Gasteiger partial charge in [0.2, 0.25) is 10.4 Å². The second-order valence-corrected chi connectivity index (χ2v) is 21.9. The van der Waals surface area contributed by atoms with E-state index in [2.05, 4.69) is 48.4 Å². The largest absolute Gasteiger partial charge is 1.00 e. The quantitative estimate of drug-likeness (QED) is 0.00849. The molecule has 42 heteroatoms. The van der Waals surface area contributed by atoms with Crippen LogP contribution in [0.3, 0.4) is 0 Å². The summed E-state index contributed by atoms with van der Waals surface area (Å²) in [4.78, 5) is -5.14. The number of azo groups is 3. The molecule has 0 unspecified atom stereocenters. The Morgan fingerprint density at radius 2 is 0.901 bits per heavy atom. The number of ether oxygens (including phenoxy) is 1. The number of benzene rings is 4. The SMILES string of the molecule is COc1ccc(N=Nc2cc(N=Nc3ccc(S(=O)(=O)CCOSOO[O-])cc3S(=O)(=O)[O-])c(N)c(N=Nc3ccc(S(=O)(=O)CCOS(=O)(=O)[O-])cc3S(=O)(=O)[O-])c2N)c(S(=O)(=O)[O-])c1.[Na+].[Na+].[Na+].[Na+].[Na+]. The Bertz CT molecular complexity index is 3320. The maximum Gasteiger partial charge on any atom is 1.00 e. The van der Waals surface area contributed by atoms with Gasteiger partial charge in [0.15, 0.2) is 32.0 Å². The van der Waals surface area contributed by atoms with Gasteiger partial charge in [-0.05, 0) is 60.7 Å². The summed E-state index contributed by atoms with van der Waals surface area (Å²) in [5.74, 6) is -2.11. The first-order valence-corrected chi connectivity index (χ1v) is 26.1. The van der Waals surface area contributed by atoms with Gasteiger partial charge in [-0.2, -0.15) is 0 Å². The Morgan fingerprint density at radius 1 is 0.521 bits per heavy atom. The van der Waals surface area contributed by atoms with Crippen molar-refractivity contribution in [2.75, 3.05) is 43.3 Å². The van der Waals surface area contributed by atoms with Crippen LogP contribution in [-0.4, -0.2) is 101 Å². The van der Waals surface area contributed by atoms with Gasteiger partial charge in [0, 0.05) is 0 Å². The minimum absolute atomic E-state index is 0. The molecule has 0 aliphatic carbocycles. The van der Waals surface area contributed by atoms with Crippen molar-refractivity contribution in [1.82, 2.24) is 0 Å². The zero-order chi connectivity index (χ0) is 49.5. The van der Waals surface area contributed by atoms with Crippen LogP contribution in [0.2, 0.25) is 0 Å². The van der Waals surface area contributed by atoms with Crippen molar-refractivity contribution in [3.8, 4) is 5.75 Å². The maximum absolute atomic E-state index is 12.8. The van der Waals surface area contributed by atoms with Crippen molar-refractivity contribution < 1.29 is 244 Å². The third-order valence-electron chi connectivity index (χ3n) is 7.80. The summed E-state index contributed by atoms with van der Waals surface area (Å²) in [6.07, 6.45) is 0. The number of sulfone groups is 2. The molecular weight excluding hydrogens is 1150 g/mol. The second-order valence-electron chi connectivity index (χ2n) is 12.0. The Labute approximate surface area is 519 Å². The van der Waals surface area contributed by atoms with Crippen molar-refractivity contribution >= 4 is 118 Å². The average molecular weight is 1180 g/mol. The molecule has 4 aromatic rings. The molecule has 0 aromatic heterocycles. The van der Waals surface area contributed by atoms with Crippen molar-refractivity contribution in [2.45, 2.75) is 24.5 Å². The fraction of sp³-hybridized carbons (Fsp3) is 0.172. The summed E-state index contributed by atoms with van der Waals surface area (Å²) >= 11 is -0.0198. The zero-order valence-electron chi connectivity index (χ0n) is 37.3. The molecule has 0 saturated carbocycles. The van der Waals surface area contributed by atoms with Crippen LogP contribution in [0.15, 0.2) is 116 Å². The molecule has 0 atom stereocenters. The van der Waals surface area contributed by atoms with E-state index in [1.165, 1.54) is 6.07 Å². The first-order valence-electron chi connectivity index (χ1n) is 16.6. The fourth-order valence-corrected chi connectivity index (χ4v) is 9.78. The number of nitrogens with zero attached hydrogens (tertiary/aromatic N) is 6. The maximum atomic E-state index is 12.8. The van der Waals surface area contributed by atoms with E-state index in [9.17, 15) is 74.0 Å². The van der Waals surface area contributed by atoms with Crippen molar-refractivity contribution in [1.29, 1.82) is 0 Å². The van der Waals surface area contributed by atoms with Crippen molar-refractivity contribution in [3.63, 3.8) is 0 Å². The van der Waals surface area contributed by atoms with Crippen LogP contribution in [0.4, 0.5) is 45.5 Å². The molecule has 0 bridgehead atoms. The molecule has 30 nitrogen and oxygen atoms in total. The molecule has 0 heterocycles. The average Bonchev–Trinajstić information content (AvgIpc) is 3.21. The van der Waals surface area contributed by atoms with Crippen LogP contribution < -0.4 is 169 Å². The topological polar surface area (TPSA) is 492 Å². The van der Waals surface area contributed by atoms with Gasteiger partial charge in [0.05, 0.1) is 67.7 Å². The van der Waals surface area contributed by atoms with E-state index in [4.69, 9.17) is 16.2 Å². The van der Waals surface area contributed by atoms with E-state index in [1.54, 1.807) is 0 Å². The van der Waals surface area contributed by atoms with E-state index in [-0.39, 0.29) is 166 Å². The molecule has 0 aliphatic heterocycles. The normalized spacial score (nSPS) is 12.4. The van der Waals surface area contributed by atoms with Gasteiger partial charge in [0.1, 0.15) is 70.2 Å². The second kappa shape index (κ2) is 30.6. The molecule has 4 N–H and O–H groups in total. The molecule has 0 spiro atoms. The summed E-state index contributed by atoms with van der Waals surface area (Å²) in [5.41, 5.74) is 6.92. The summed E-state index contributed by atoms with van der Waals surface area (Å²) in [6.45, 7) is -1.82. The van der Waals surface area contributed by atoms with Gasteiger partial charge in [0.25, 0.3) is 0 Å². The summed E-state index contributed by atoms with van der Waals surface area (Å²) in [7, 11) is -29.7. The van der Waals surface area contributed by atoms with E-state index in [1.807, 2.05) is 0 Å². The number of nitrogens with two attached hydrogens (primary N) is 2. The van der Waals surface area contributed by atoms with Crippen molar-refractivity contribution in [2.24, 2.45) is 30.7 Å². The Hall–Kier alpha value is -0.230. The fourth-order valence-electron chi connectivity index (χ4n) is 4.80. The third kappa shape index (κ3) is 21.6.